The zero-order chi connectivity index (χ0) is 19.2. The Morgan fingerprint density at radius 2 is 1.88 bits per heavy atom. The zero-order valence-corrected chi connectivity index (χ0v) is 14.2. The number of ether oxygens (including phenoxy) is 1. The van der Waals surface area contributed by atoms with Crippen LogP contribution < -0.4 is 16.1 Å². The fourth-order valence-corrected chi connectivity index (χ4v) is 2.03. The number of rotatable bonds is 5. The van der Waals surface area contributed by atoms with Gasteiger partial charge in [0.25, 0.3) is 11.8 Å². The molecule has 1 aliphatic heterocycles. The van der Waals surface area contributed by atoms with Gasteiger partial charge in [0.2, 0.25) is 11.8 Å². The first-order valence-electron chi connectivity index (χ1n) is 7.57. The summed E-state index contributed by atoms with van der Waals surface area (Å²) in [5.41, 5.74) is 0.612. The number of piperidine rings is 1. The van der Waals surface area contributed by atoms with Crippen LogP contribution in [-0.2, 0) is 23.9 Å². The zero-order valence-electron chi connectivity index (χ0n) is 14.2. The summed E-state index contributed by atoms with van der Waals surface area (Å²) in [6.45, 7) is 3.95. The van der Waals surface area contributed by atoms with Crippen molar-refractivity contribution in [2.75, 3.05) is 13.1 Å². The van der Waals surface area contributed by atoms with Crippen molar-refractivity contribution in [1.29, 1.82) is 0 Å². The van der Waals surface area contributed by atoms with Crippen molar-refractivity contribution in [2.24, 2.45) is 0 Å². The van der Waals surface area contributed by atoms with E-state index in [1.165, 1.54) is 5.48 Å². The van der Waals surface area contributed by atoms with Gasteiger partial charge in [-0.2, -0.15) is 0 Å². The monoisotopic (exact) mass is 358 g/mol. The molecule has 0 aromatic rings. The number of nitrogens with zero attached hydrogens (tertiary/aromatic N) is 1. The molecule has 0 aromatic heterocycles. The number of likely N-dealkylation sites (tertiary alicyclic amines) is 1. The molecule has 1 aliphatic rings. The number of hydrogen-bond donors (Lipinski definition) is 4. The molecule has 11 nitrogen and oxygen atoms in total. The van der Waals surface area contributed by atoms with E-state index in [1.54, 1.807) is 20.8 Å². The minimum absolute atomic E-state index is 0.0467. The average molecular weight is 358 g/mol. The van der Waals surface area contributed by atoms with Crippen molar-refractivity contribution in [2.45, 2.75) is 45.3 Å². The maximum absolute atomic E-state index is 12.2. The molecule has 11 heteroatoms. The van der Waals surface area contributed by atoms with Gasteiger partial charge in [-0.15, -0.1) is 0 Å². The molecule has 1 rings (SSSR count). The van der Waals surface area contributed by atoms with E-state index in [0.29, 0.717) is 4.90 Å². The predicted molar refractivity (Wildman–Crippen MR) is 82.1 cm³/mol. The smallest absolute Gasteiger partial charge is 0.408 e. The Morgan fingerprint density at radius 3 is 2.44 bits per heavy atom. The Balaban J connectivity index is 2.53. The normalized spacial score (nSPS) is 17.8. The van der Waals surface area contributed by atoms with Gasteiger partial charge in [0, 0.05) is 6.42 Å². The van der Waals surface area contributed by atoms with Crippen molar-refractivity contribution < 1.29 is 33.9 Å². The quantitative estimate of drug-likeness (QED) is 0.269. The molecule has 1 atom stereocenters. The molecule has 0 aliphatic carbocycles. The van der Waals surface area contributed by atoms with Gasteiger partial charge in [-0.05, 0) is 27.2 Å². The SMILES string of the molecule is CC(C)(C)OC(=O)NCC(=O)N[C@H]1CCC(=O)N(CC(=O)NO)C1=O. The molecule has 4 N–H and O–H groups in total. The van der Waals surface area contributed by atoms with Gasteiger partial charge < -0.3 is 15.4 Å². The van der Waals surface area contributed by atoms with E-state index in [2.05, 4.69) is 10.6 Å². The summed E-state index contributed by atoms with van der Waals surface area (Å²) < 4.78 is 4.97. The second kappa shape index (κ2) is 8.42. The van der Waals surface area contributed by atoms with Gasteiger partial charge in [-0.1, -0.05) is 0 Å². The van der Waals surface area contributed by atoms with Gasteiger partial charge in [0.1, 0.15) is 24.7 Å². The molecule has 5 amide bonds. The Hall–Kier alpha value is -2.69. The van der Waals surface area contributed by atoms with Crippen LogP contribution in [0.1, 0.15) is 33.6 Å². The van der Waals surface area contributed by atoms with Crippen LogP contribution in [0.15, 0.2) is 0 Å². The summed E-state index contributed by atoms with van der Waals surface area (Å²) >= 11 is 0. The molecule has 0 saturated carbocycles. The fourth-order valence-electron chi connectivity index (χ4n) is 2.03. The highest BCUT2D eigenvalue weighted by Gasteiger charge is 2.36. The number of carbonyl (C=O) groups is 5. The van der Waals surface area contributed by atoms with Gasteiger partial charge in [-0.3, -0.25) is 29.3 Å². The lowest BCUT2D eigenvalue weighted by atomic mass is 10.0. The molecule has 0 aromatic carbocycles. The Kier molecular flexibility index (Phi) is 6.86. The minimum atomic E-state index is -1.00. The van der Waals surface area contributed by atoms with Crippen LogP contribution >= 0.6 is 0 Å². The number of amides is 5. The Labute approximate surface area is 144 Å². The van der Waals surface area contributed by atoms with Crippen molar-refractivity contribution in [1.82, 2.24) is 21.0 Å². The van der Waals surface area contributed by atoms with Crippen LogP contribution in [0.5, 0.6) is 0 Å². The molecular formula is C14H22N4O7. The largest absolute Gasteiger partial charge is 0.444 e. The molecule has 1 fully saturated rings. The molecule has 0 bridgehead atoms. The number of hydroxylamine groups is 1. The minimum Gasteiger partial charge on any atom is -0.444 e. The first-order valence-corrected chi connectivity index (χ1v) is 7.57. The van der Waals surface area contributed by atoms with Gasteiger partial charge in [0.05, 0.1) is 0 Å². The fraction of sp³-hybridized carbons (Fsp3) is 0.643. The van der Waals surface area contributed by atoms with Gasteiger partial charge >= 0.3 is 6.09 Å². The van der Waals surface area contributed by atoms with Crippen molar-refractivity contribution in [3.63, 3.8) is 0 Å². The first kappa shape index (κ1) is 20.4. The summed E-state index contributed by atoms with van der Waals surface area (Å²) in [5, 5.41) is 13.1. The van der Waals surface area contributed by atoms with Crippen molar-refractivity contribution in [3.8, 4) is 0 Å². The Morgan fingerprint density at radius 1 is 1.24 bits per heavy atom. The van der Waals surface area contributed by atoms with E-state index in [9.17, 15) is 24.0 Å². The number of imide groups is 1. The molecule has 1 heterocycles. The summed E-state index contributed by atoms with van der Waals surface area (Å²) in [6.07, 6.45) is -0.754. The van der Waals surface area contributed by atoms with E-state index >= 15 is 0 Å². The number of nitrogens with one attached hydrogen (secondary N) is 3. The molecule has 0 spiro atoms. The van der Waals surface area contributed by atoms with Crippen molar-refractivity contribution in [3.05, 3.63) is 0 Å². The van der Waals surface area contributed by atoms with E-state index in [1.807, 2.05) is 0 Å². The Bertz CT molecular complexity index is 570. The highest BCUT2D eigenvalue weighted by Crippen LogP contribution is 2.13. The summed E-state index contributed by atoms with van der Waals surface area (Å²) in [6, 6.07) is -1.00. The lowest BCUT2D eigenvalue weighted by Crippen LogP contribution is -2.57. The average Bonchev–Trinajstić information content (AvgIpc) is 2.50. The topological polar surface area (TPSA) is 154 Å². The molecule has 140 valence electrons. The third-order valence-corrected chi connectivity index (χ3v) is 3.07. The van der Waals surface area contributed by atoms with E-state index < -0.39 is 54.5 Å². The van der Waals surface area contributed by atoms with Crippen LogP contribution in [0, 0.1) is 0 Å². The van der Waals surface area contributed by atoms with Crippen LogP contribution in [0.4, 0.5) is 4.79 Å². The van der Waals surface area contributed by atoms with Crippen LogP contribution in [0.3, 0.4) is 0 Å². The lowest BCUT2D eigenvalue weighted by molar-refractivity contribution is -0.154. The second-order valence-corrected chi connectivity index (χ2v) is 6.37. The maximum atomic E-state index is 12.2. The highest BCUT2D eigenvalue weighted by atomic mass is 16.6. The van der Waals surface area contributed by atoms with Crippen LogP contribution in [-0.4, -0.2) is 64.6 Å². The van der Waals surface area contributed by atoms with Gasteiger partial charge in [0.15, 0.2) is 0 Å². The van der Waals surface area contributed by atoms with Crippen LogP contribution in [0.2, 0.25) is 0 Å². The highest BCUT2D eigenvalue weighted by molar-refractivity contribution is 6.04. The summed E-state index contributed by atoms with van der Waals surface area (Å²) in [5.74, 6) is -2.91. The third-order valence-electron chi connectivity index (χ3n) is 3.07. The standard InChI is InChI=1S/C14H22N4O7/c1-14(2,3)25-13(23)15-6-9(19)16-8-4-5-11(21)18(12(8)22)7-10(20)17-24/h8,24H,4-7H2,1-3H3,(H,15,23)(H,16,19)(H,17,20)/t8-/m0/s1. The molecule has 25 heavy (non-hydrogen) atoms. The molecule has 0 radical (unpaired) electrons. The molecule has 0 unspecified atom stereocenters. The van der Waals surface area contributed by atoms with E-state index in [0.717, 1.165) is 0 Å². The second-order valence-electron chi connectivity index (χ2n) is 6.37. The molecule has 1 saturated heterocycles. The van der Waals surface area contributed by atoms with Crippen LogP contribution in [0.25, 0.3) is 0 Å². The van der Waals surface area contributed by atoms with E-state index in [-0.39, 0.29) is 12.8 Å². The summed E-state index contributed by atoms with van der Waals surface area (Å²) in [4.78, 5) is 59.0. The maximum Gasteiger partial charge on any atom is 0.408 e. The lowest BCUT2D eigenvalue weighted by Gasteiger charge is -2.30. The molecular weight excluding hydrogens is 336 g/mol. The number of hydrogen-bond acceptors (Lipinski definition) is 7. The summed E-state index contributed by atoms with van der Waals surface area (Å²) in [7, 11) is 0. The van der Waals surface area contributed by atoms with E-state index in [4.69, 9.17) is 9.94 Å². The number of carbonyl (C=O) groups excluding carboxylic acids is 5. The van der Waals surface area contributed by atoms with Gasteiger partial charge in [-0.25, -0.2) is 10.3 Å². The number of alkyl carbamates (subject to hydrolysis) is 1. The first-order chi connectivity index (χ1) is 11.5. The van der Waals surface area contributed by atoms with Crippen molar-refractivity contribution >= 4 is 29.7 Å². The third kappa shape index (κ3) is 6.75. The predicted octanol–water partition coefficient (Wildman–Crippen LogP) is -1.35.